The first-order valence-corrected chi connectivity index (χ1v) is 8.72. The SMILES string of the molecule is Cc1cc(S(=O)(=O)NCCC(O)c2ccco2)c(Cl)cc1Cl. The highest BCUT2D eigenvalue weighted by Crippen LogP contribution is 2.28. The van der Waals surface area contributed by atoms with Crippen LogP contribution in [-0.4, -0.2) is 20.1 Å². The molecule has 0 fully saturated rings. The molecular formula is C14H15Cl2NO4S. The molecule has 0 aliphatic heterocycles. The second-order valence-corrected chi connectivity index (χ2v) is 7.30. The fourth-order valence-corrected chi connectivity index (χ4v) is 3.75. The molecule has 5 nitrogen and oxygen atoms in total. The van der Waals surface area contributed by atoms with Crippen LogP contribution < -0.4 is 4.72 Å². The van der Waals surface area contributed by atoms with E-state index in [-0.39, 0.29) is 22.9 Å². The number of benzene rings is 1. The Labute approximate surface area is 138 Å². The highest BCUT2D eigenvalue weighted by Gasteiger charge is 2.20. The van der Waals surface area contributed by atoms with Crippen molar-refractivity contribution >= 4 is 33.2 Å². The maximum Gasteiger partial charge on any atom is 0.242 e. The van der Waals surface area contributed by atoms with Crippen LogP contribution >= 0.6 is 23.2 Å². The van der Waals surface area contributed by atoms with Gasteiger partial charge >= 0.3 is 0 Å². The molecule has 2 N–H and O–H groups in total. The van der Waals surface area contributed by atoms with E-state index < -0.39 is 16.1 Å². The van der Waals surface area contributed by atoms with Crippen molar-refractivity contribution < 1.29 is 17.9 Å². The Balaban J connectivity index is 2.04. The number of nitrogens with one attached hydrogen (secondary N) is 1. The summed E-state index contributed by atoms with van der Waals surface area (Å²) in [6, 6.07) is 6.08. The quantitative estimate of drug-likeness (QED) is 0.824. The second kappa shape index (κ2) is 7.02. The van der Waals surface area contributed by atoms with Crippen LogP contribution in [0.5, 0.6) is 0 Å². The number of halogens is 2. The molecule has 1 aromatic heterocycles. The van der Waals surface area contributed by atoms with Gasteiger partial charge in [0.05, 0.1) is 11.3 Å². The third-order valence-corrected chi connectivity index (χ3v) is 5.42. The van der Waals surface area contributed by atoms with E-state index in [0.717, 1.165) is 0 Å². The van der Waals surface area contributed by atoms with Gasteiger partial charge in [-0.1, -0.05) is 23.2 Å². The van der Waals surface area contributed by atoms with E-state index in [9.17, 15) is 13.5 Å². The van der Waals surface area contributed by atoms with Gasteiger partial charge in [0.2, 0.25) is 10.0 Å². The zero-order valence-corrected chi connectivity index (χ0v) is 14.0. The Kier molecular flexibility index (Phi) is 5.52. The molecule has 8 heteroatoms. The average molecular weight is 364 g/mol. The maximum absolute atomic E-state index is 12.2. The average Bonchev–Trinajstić information content (AvgIpc) is 2.96. The number of aliphatic hydroxyl groups excluding tert-OH is 1. The van der Waals surface area contributed by atoms with Gasteiger partial charge in [-0.15, -0.1) is 0 Å². The van der Waals surface area contributed by atoms with Gasteiger partial charge in [-0.3, -0.25) is 0 Å². The van der Waals surface area contributed by atoms with E-state index in [1.54, 1.807) is 19.1 Å². The summed E-state index contributed by atoms with van der Waals surface area (Å²) in [5, 5.41) is 10.3. The topological polar surface area (TPSA) is 79.5 Å². The minimum Gasteiger partial charge on any atom is -0.467 e. The lowest BCUT2D eigenvalue weighted by atomic mass is 10.2. The van der Waals surface area contributed by atoms with Gasteiger partial charge in [-0.25, -0.2) is 13.1 Å². The van der Waals surface area contributed by atoms with Crippen LogP contribution in [0.3, 0.4) is 0 Å². The van der Waals surface area contributed by atoms with Crippen molar-refractivity contribution in [2.75, 3.05) is 6.54 Å². The summed E-state index contributed by atoms with van der Waals surface area (Å²) in [4.78, 5) is -0.0384. The summed E-state index contributed by atoms with van der Waals surface area (Å²) in [6.07, 6.45) is 0.746. The van der Waals surface area contributed by atoms with Gasteiger partial charge in [0.25, 0.3) is 0 Å². The Hall–Kier alpha value is -1.05. The molecule has 1 aromatic carbocycles. The van der Waals surface area contributed by atoms with Crippen LogP contribution in [-0.2, 0) is 10.0 Å². The molecule has 0 aliphatic rings. The summed E-state index contributed by atoms with van der Waals surface area (Å²) in [5.41, 5.74) is 0.613. The molecule has 120 valence electrons. The predicted molar refractivity (Wildman–Crippen MR) is 84.7 cm³/mol. The van der Waals surface area contributed by atoms with E-state index in [1.165, 1.54) is 18.4 Å². The lowest BCUT2D eigenvalue weighted by Crippen LogP contribution is -2.26. The molecule has 22 heavy (non-hydrogen) atoms. The number of aliphatic hydroxyl groups is 1. The molecule has 1 heterocycles. The number of hydrogen-bond acceptors (Lipinski definition) is 4. The summed E-state index contributed by atoms with van der Waals surface area (Å²) >= 11 is 11.8. The zero-order chi connectivity index (χ0) is 16.3. The van der Waals surface area contributed by atoms with E-state index in [4.69, 9.17) is 27.6 Å². The third-order valence-electron chi connectivity index (χ3n) is 3.08. The van der Waals surface area contributed by atoms with Crippen LogP contribution in [0.4, 0.5) is 0 Å². The summed E-state index contributed by atoms with van der Waals surface area (Å²) in [5.74, 6) is 0.388. The molecular weight excluding hydrogens is 349 g/mol. The molecule has 1 unspecified atom stereocenters. The number of hydrogen-bond donors (Lipinski definition) is 2. The van der Waals surface area contributed by atoms with Gasteiger partial charge in [0.1, 0.15) is 16.8 Å². The maximum atomic E-state index is 12.2. The van der Waals surface area contributed by atoms with E-state index in [1.807, 2.05) is 0 Å². The van der Waals surface area contributed by atoms with Crippen molar-refractivity contribution in [3.63, 3.8) is 0 Å². The minimum absolute atomic E-state index is 0.0384. The van der Waals surface area contributed by atoms with Crippen molar-refractivity contribution in [2.45, 2.75) is 24.3 Å². The lowest BCUT2D eigenvalue weighted by Gasteiger charge is -2.11. The van der Waals surface area contributed by atoms with Gasteiger partial charge < -0.3 is 9.52 Å². The van der Waals surface area contributed by atoms with Gasteiger partial charge in [-0.05, 0) is 43.2 Å². The number of rotatable bonds is 6. The van der Waals surface area contributed by atoms with Crippen LogP contribution in [0.15, 0.2) is 39.8 Å². The Morgan fingerprint density at radius 3 is 2.68 bits per heavy atom. The fourth-order valence-electron chi connectivity index (χ4n) is 1.87. The smallest absolute Gasteiger partial charge is 0.242 e. The van der Waals surface area contributed by atoms with E-state index >= 15 is 0 Å². The van der Waals surface area contributed by atoms with Crippen molar-refractivity contribution in [2.24, 2.45) is 0 Å². The van der Waals surface area contributed by atoms with Crippen molar-refractivity contribution in [3.05, 3.63) is 51.9 Å². The monoisotopic (exact) mass is 363 g/mol. The summed E-state index contributed by atoms with van der Waals surface area (Å²) in [7, 11) is -3.78. The Morgan fingerprint density at radius 2 is 2.05 bits per heavy atom. The Morgan fingerprint density at radius 1 is 1.32 bits per heavy atom. The predicted octanol–water partition coefficient (Wildman–Crippen LogP) is 3.30. The van der Waals surface area contributed by atoms with Crippen LogP contribution in [0.1, 0.15) is 23.8 Å². The first-order chi connectivity index (χ1) is 10.3. The van der Waals surface area contributed by atoms with E-state index in [2.05, 4.69) is 4.72 Å². The summed E-state index contributed by atoms with van der Waals surface area (Å²) < 4.78 is 31.9. The summed E-state index contributed by atoms with van der Waals surface area (Å²) in [6.45, 7) is 1.74. The molecule has 0 saturated carbocycles. The van der Waals surface area contributed by atoms with Crippen LogP contribution in [0.2, 0.25) is 10.0 Å². The van der Waals surface area contributed by atoms with Crippen molar-refractivity contribution in [3.8, 4) is 0 Å². The zero-order valence-electron chi connectivity index (χ0n) is 11.7. The molecule has 0 aliphatic carbocycles. The molecule has 0 radical (unpaired) electrons. The third kappa shape index (κ3) is 4.02. The van der Waals surface area contributed by atoms with Gasteiger partial charge in [0, 0.05) is 11.6 Å². The highest BCUT2D eigenvalue weighted by atomic mass is 35.5. The van der Waals surface area contributed by atoms with E-state index in [0.29, 0.717) is 16.3 Å². The first-order valence-electron chi connectivity index (χ1n) is 6.48. The highest BCUT2D eigenvalue weighted by molar-refractivity contribution is 7.89. The number of sulfonamides is 1. The van der Waals surface area contributed by atoms with Gasteiger partial charge in [-0.2, -0.15) is 0 Å². The number of furan rings is 1. The second-order valence-electron chi connectivity index (χ2n) is 4.75. The molecule has 0 amide bonds. The molecule has 2 aromatic rings. The van der Waals surface area contributed by atoms with Crippen molar-refractivity contribution in [1.29, 1.82) is 0 Å². The molecule has 0 spiro atoms. The van der Waals surface area contributed by atoms with Gasteiger partial charge in [0.15, 0.2) is 0 Å². The minimum atomic E-state index is -3.78. The molecule has 0 bridgehead atoms. The lowest BCUT2D eigenvalue weighted by molar-refractivity contribution is 0.142. The Bertz CT molecular complexity index is 744. The molecule has 0 saturated heterocycles. The largest absolute Gasteiger partial charge is 0.467 e. The molecule has 1 atom stereocenters. The fraction of sp³-hybridized carbons (Fsp3) is 0.286. The normalized spacial score (nSPS) is 13.3. The first kappa shape index (κ1) is 17.3. The standard InChI is InChI=1S/C14H15Cl2NO4S/c1-9-7-14(11(16)8-10(9)15)22(19,20)17-5-4-12(18)13-3-2-6-21-13/h2-3,6-8,12,17-18H,4-5H2,1H3. The number of aryl methyl sites for hydroxylation is 1. The van der Waals surface area contributed by atoms with Crippen LogP contribution in [0.25, 0.3) is 0 Å². The van der Waals surface area contributed by atoms with Crippen LogP contribution in [0, 0.1) is 6.92 Å². The van der Waals surface area contributed by atoms with Crippen molar-refractivity contribution in [1.82, 2.24) is 4.72 Å². The molecule has 2 rings (SSSR count).